The van der Waals surface area contributed by atoms with Gasteiger partial charge in [0.15, 0.2) is 5.82 Å². The average Bonchev–Trinajstić information content (AvgIpc) is 2.44. The van der Waals surface area contributed by atoms with Crippen LogP contribution >= 0.6 is 27.5 Å². The lowest BCUT2D eigenvalue weighted by atomic mass is 10.1. The Morgan fingerprint density at radius 2 is 1.81 bits per heavy atom. The number of aromatic nitrogens is 2. The predicted molar refractivity (Wildman–Crippen MR) is 87.1 cm³/mol. The van der Waals surface area contributed by atoms with E-state index in [0.717, 1.165) is 11.1 Å². The second-order valence-corrected chi connectivity index (χ2v) is 6.13. The lowest BCUT2D eigenvalue weighted by molar-refractivity contribution is 0.623. The number of fused-ring (bicyclic) bond motifs is 1. The minimum Gasteiger partial charge on any atom is -0.228 e. The second kappa shape index (κ2) is 5.35. The van der Waals surface area contributed by atoms with E-state index >= 15 is 0 Å². The number of nitrogens with zero attached hydrogens (tertiary/aromatic N) is 2. The Morgan fingerprint density at radius 1 is 1.05 bits per heavy atom. The number of rotatable bonds is 1. The van der Waals surface area contributed by atoms with E-state index in [1.807, 2.05) is 32.0 Å². The van der Waals surface area contributed by atoms with Gasteiger partial charge in [-0.3, -0.25) is 0 Å². The van der Waals surface area contributed by atoms with Crippen molar-refractivity contribution in [2.75, 3.05) is 0 Å². The average molecular weight is 366 g/mol. The first-order valence-corrected chi connectivity index (χ1v) is 7.53. The molecular formula is C16H11BrClFN2. The molecule has 0 saturated carbocycles. The van der Waals surface area contributed by atoms with Gasteiger partial charge in [-0.15, -0.1) is 0 Å². The van der Waals surface area contributed by atoms with Crippen molar-refractivity contribution in [3.8, 4) is 11.4 Å². The highest BCUT2D eigenvalue weighted by Gasteiger charge is 2.11. The van der Waals surface area contributed by atoms with Crippen LogP contribution in [0.5, 0.6) is 0 Å². The zero-order chi connectivity index (χ0) is 15.1. The molecule has 5 heteroatoms. The summed E-state index contributed by atoms with van der Waals surface area (Å²) < 4.78 is 14.0. The van der Waals surface area contributed by atoms with Crippen molar-refractivity contribution in [2.45, 2.75) is 13.8 Å². The first-order valence-electron chi connectivity index (χ1n) is 6.35. The maximum Gasteiger partial charge on any atom is 0.161 e. The monoisotopic (exact) mass is 364 g/mol. The topological polar surface area (TPSA) is 25.8 Å². The highest BCUT2D eigenvalue weighted by atomic mass is 79.9. The minimum atomic E-state index is -0.372. The molecule has 0 amide bonds. The van der Waals surface area contributed by atoms with Gasteiger partial charge in [0.25, 0.3) is 0 Å². The summed E-state index contributed by atoms with van der Waals surface area (Å²) in [6.07, 6.45) is 0. The molecule has 0 fully saturated rings. The van der Waals surface area contributed by atoms with Gasteiger partial charge in [0.2, 0.25) is 0 Å². The molecule has 2 nitrogen and oxygen atoms in total. The van der Waals surface area contributed by atoms with Gasteiger partial charge in [0.1, 0.15) is 11.0 Å². The van der Waals surface area contributed by atoms with E-state index in [1.165, 1.54) is 11.6 Å². The van der Waals surface area contributed by atoms with Gasteiger partial charge in [0, 0.05) is 17.0 Å². The normalized spacial score (nSPS) is 11.1. The number of hydrogen-bond acceptors (Lipinski definition) is 2. The molecule has 1 aromatic heterocycles. The predicted octanol–water partition coefficient (Wildman–Crippen LogP) is 5.47. The van der Waals surface area contributed by atoms with Crippen LogP contribution in [0.25, 0.3) is 22.3 Å². The molecule has 0 bridgehead atoms. The molecule has 3 aromatic rings. The van der Waals surface area contributed by atoms with Crippen LogP contribution in [0.1, 0.15) is 11.1 Å². The summed E-state index contributed by atoms with van der Waals surface area (Å²) in [6, 6.07) is 8.90. The standard InChI is InChI=1S/C16H11BrClFN2/c1-8-3-4-10(5-9(8)2)16-20-14-7-13(19)12(17)6-11(14)15(18)21-16/h3-7H,1-2H3. The number of benzene rings is 2. The quantitative estimate of drug-likeness (QED) is 0.534. The Morgan fingerprint density at radius 3 is 2.52 bits per heavy atom. The molecular weight excluding hydrogens is 355 g/mol. The van der Waals surface area contributed by atoms with Crippen LogP contribution in [0.2, 0.25) is 5.15 Å². The zero-order valence-corrected chi connectivity index (χ0v) is 13.8. The van der Waals surface area contributed by atoms with Gasteiger partial charge >= 0.3 is 0 Å². The van der Waals surface area contributed by atoms with Gasteiger partial charge in [-0.25, -0.2) is 14.4 Å². The van der Waals surface area contributed by atoms with Gasteiger partial charge in [-0.2, -0.15) is 0 Å². The summed E-state index contributed by atoms with van der Waals surface area (Å²) in [5.41, 5.74) is 3.70. The molecule has 1 heterocycles. The highest BCUT2D eigenvalue weighted by molar-refractivity contribution is 9.10. The fourth-order valence-electron chi connectivity index (χ4n) is 2.10. The Balaban J connectivity index is 2.24. The first kappa shape index (κ1) is 14.4. The summed E-state index contributed by atoms with van der Waals surface area (Å²) in [7, 11) is 0. The van der Waals surface area contributed by atoms with E-state index in [1.54, 1.807) is 6.07 Å². The van der Waals surface area contributed by atoms with Crippen molar-refractivity contribution in [3.05, 3.63) is 56.9 Å². The van der Waals surface area contributed by atoms with Gasteiger partial charge in [-0.1, -0.05) is 23.7 Å². The fraction of sp³-hybridized carbons (Fsp3) is 0.125. The van der Waals surface area contributed by atoms with Crippen LogP contribution in [-0.4, -0.2) is 9.97 Å². The van der Waals surface area contributed by atoms with Crippen molar-refractivity contribution < 1.29 is 4.39 Å². The maximum atomic E-state index is 13.7. The van der Waals surface area contributed by atoms with Crippen LogP contribution in [0.3, 0.4) is 0 Å². The third-order valence-corrected chi connectivity index (χ3v) is 4.35. The number of halogens is 3. The van der Waals surface area contributed by atoms with Crippen LogP contribution in [0.4, 0.5) is 4.39 Å². The van der Waals surface area contributed by atoms with E-state index in [9.17, 15) is 4.39 Å². The molecule has 0 atom stereocenters. The van der Waals surface area contributed by atoms with Gasteiger partial charge in [-0.05, 0) is 53.0 Å². The Hall–Kier alpha value is -1.52. The lowest BCUT2D eigenvalue weighted by Gasteiger charge is -2.07. The van der Waals surface area contributed by atoms with Crippen LogP contribution in [0.15, 0.2) is 34.8 Å². The molecule has 0 aliphatic heterocycles. The van der Waals surface area contributed by atoms with E-state index in [0.29, 0.717) is 26.4 Å². The van der Waals surface area contributed by atoms with Crippen LogP contribution < -0.4 is 0 Å². The molecule has 106 valence electrons. The Kier molecular flexibility index (Phi) is 3.68. The zero-order valence-electron chi connectivity index (χ0n) is 11.4. The maximum absolute atomic E-state index is 13.7. The fourth-order valence-corrected chi connectivity index (χ4v) is 2.67. The molecule has 0 saturated heterocycles. The van der Waals surface area contributed by atoms with Crippen molar-refractivity contribution in [1.29, 1.82) is 0 Å². The molecule has 21 heavy (non-hydrogen) atoms. The van der Waals surface area contributed by atoms with E-state index in [2.05, 4.69) is 25.9 Å². The summed E-state index contributed by atoms with van der Waals surface area (Å²) in [6.45, 7) is 4.07. The molecule has 0 aliphatic rings. The molecule has 0 N–H and O–H groups in total. The Bertz CT molecular complexity index is 865. The first-order chi connectivity index (χ1) is 9.95. The molecule has 3 rings (SSSR count). The molecule has 2 aromatic carbocycles. The SMILES string of the molecule is Cc1ccc(-c2nc(Cl)c3cc(Br)c(F)cc3n2)cc1C. The largest absolute Gasteiger partial charge is 0.228 e. The van der Waals surface area contributed by atoms with Crippen LogP contribution in [0, 0.1) is 19.7 Å². The molecule has 0 unspecified atom stereocenters. The third-order valence-electron chi connectivity index (χ3n) is 3.46. The number of aryl methyl sites for hydroxylation is 2. The highest BCUT2D eigenvalue weighted by Crippen LogP contribution is 2.29. The summed E-state index contributed by atoms with van der Waals surface area (Å²) >= 11 is 9.36. The van der Waals surface area contributed by atoms with Crippen LogP contribution in [-0.2, 0) is 0 Å². The third kappa shape index (κ3) is 2.65. The minimum absolute atomic E-state index is 0.314. The van der Waals surface area contributed by atoms with Gasteiger partial charge < -0.3 is 0 Å². The smallest absolute Gasteiger partial charge is 0.161 e. The van der Waals surface area contributed by atoms with Crippen molar-refractivity contribution >= 4 is 38.4 Å². The summed E-state index contributed by atoms with van der Waals surface area (Å²) in [5, 5.41) is 0.937. The number of hydrogen-bond donors (Lipinski definition) is 0. The molecule has 0 aliphatic carbocycles. The molecule has 0 radical (unpaired) electrons. The van der Waals surface area contributed by atoms with E-state index < -0.39 is 0 Å². The summed E-state index contributed by atoms with van der Waals surface area (Å²) in [4.78, 5) is 8.75. The van der Waals surface area contributed by atoms with Crippen molar-refractivity contribution in [2.24, 2.45) is 0 Å². The molecule has 0 spiro atoms. The van der Waals surface area contributed by atoms with E-state index in [-0.39, 0.29) is 5.82 Å². The van der Waals surface area contributed by atoms with Crippen molar-refractivity contribution in [3.63, 3.8) is 0 Å². The van der Waals surface area contributed by atoms with E-state index in [4.69, 9.17) is 11.6 Å². The van der Waals surface area contributed by atoms with Crippen molar-refractivity contribution in [1.82, 2.24) is 9.97 Å². The Labute approximate surface area is 135 Å². The second-order valence-electron chi connectivity index (χ2n) is 4.92. The summed E-state index contributed by atoms with van der Waals surface area (Å²) in [5.74, 6) is 0.126. The lowest BCUT2D eigenvalue weighted by Crippen LogP contribution is -1.94. The van der Waals surface area contributed by atoms with Gasteiger partial charge in [0.05, 0.1) is 9.99 Å².